The highest BCUT2D eigenvalue weighted by atomic mass is 16.5. The van der Waals surface area contributed by atoms with Crippen molar-refractivity contribution in [1.29, 1.82) is 0 Å². The third kappa shape index (κ3) is 4.58. The Hall–Kier alpha value is -3.47. The Kier molecular flexibility index (Phi) is 5.94. The fourth-order valence-electron chi connectivity index (χ4n) is 2.59. The lowest BCUT2D eigenvalue weighted by Gasteiger charge is -2.13. The maximum Gasteiger partial charge on any atom is 0.161 e. The van der Waals surface area contributed by atoms with Crippen LogP contribution in [0.4, 0.5) is 11.4 Å². The standard InChI is InChI=1S/C22H22N2O3/c1-25-19-12-10-18(11-13-19)24-22(23-17-7-5-4-6-8-17)16-9-14-20(26-2)21(15-16)27-3/h4-15H,1-3H3,(H,23,24). The van der Waals surface area contributed by atoms with Gasteiger partial charge in [-0.2, -0.15) is 0 Å². The predicted octanol–water partition coefficient (Wildman–Crippen LogP) is 4.90. The molecule has 27 heavy (non-hydrogen) atoms. The van der Waals surface area contributed by atoms with Gasteiger partial charge in [-0.15, -0.1) is 0 Å². The van der Waals surface area contributed by atoms with Gasteiger partial charge < -0.3 is 19.5 Å². The molecule has 0 bridgehead atoms. The zero-order valence-electron chi connectivity index (χ0n) is 15.6. The van der Waals surface area contributed by atoms with Crippen LogP contribution in [-0.4, -0.2) is 27.2 Å². The van der Waals surface area contributed by atoms with Crippen molar-refractivity contribution >= 4 is 17.2 Å². The monoisotopic (exact) mass is 362 g/mol. The predicted molar refractivity (Wildman–Crippen MR) is 109 cm³/mol. The Morgan fingerprint density at radius 3 is 2.07 bits per heavy atom. The Balaban J connectivity index is 2.02. The van der Waals surface area contributed by atoms with E-state index >= 15 is 0 Å². The van der Waals surface area contributed by atoms with Crippen molar-refractivity contribution in [3.05, 3.63) is 78.4 Å². The number of anilines is 1. The summed E-state index contributed by atoms with van der Waals surface area (Å²) in [6.45, 7) is 0. The van der Waals surface area contributed by atoms with Crippen LogP contribution in [-0.2, 0) is 0 Å². The molecule has 3 aromatic carbocycles. The van der Waals surface area contributed by atoms with Gasteiger partial charge in [0.05, 0.1) is 27.0 Å². The molecule has 0 unspecified atom stereocenters. The van der Waals surface area contributed by atoms with E-state index in [0.29, 0.717) is 17.3 Å². The number of aliphatic imine (C=N–C) groups is 1. The third-order valence-corrected chi connectivity index (χ3v) is 4.01. The van der Waals surface area contributed by atoms with Crippen molar-refractivity contribution in [3.63, 3.8) is 0 Å². The highest BCUT2D eigenvalue weighted by molar-refractivity contribution is 6.09. The van der Waals surface area contributed by atoms with E-state index < -0.39 is 0 Å². The zero-order valence-corrected chi connectivity index (χ0v) is 15.6. The van der Waals surface area contributed by atoms with Gasteiger partial charge in [-0.3, -0.25) is 0 Å². The van der Waals surface area contributed by atoms with Crippen molar-refractivity contribution < 1.29 is 14.2 Å². The largest absolute Gasteiger partial charge is 0.497 e. The minimum atomic E-state index is 0.646. The van der Waals surface area contributed by atoms with Crippen LogP contribution in [0.3, 0.4) is 0 Å². The van der Waals surface area contributed by atoms with Crippen molar-refractivity contribution in [2.75, 3.05) is 26.6 Å². The van der Waals surface area contributed by atoms with Gasteiger partial charge in [0.1, 0.15) is 11.6 Å². The van der Waals surface area contributed by atoms with E-state index in [2.05, 4.69) is 5.32 Å². The molecule has 1 N–H and O–H groups in total. The first kappa shape index (κ1) is 18.3. The summed E-state index contributed by atoms with van der Waals surface area (Å²) in [7, 11) is 4.88. The third-order valence-electron chi connectivity index (χ3n) is 4.01. The number of amidine groups is 1. The molecule has 0 fully saturated rings. The lowest BCUT2D eigenvalue weighted by Crippen LogP contribution is -2.13. The average molecular weight is 362 g/mol. The van der Waals surface area contributed by atoms with Crippen molar-refractivity contribution in [2.24, 2.45) is 4.99 Å². The van der Waals surface area contributed by atoms with Gasteiger partial charge in [0.25, 0.3) is 0 Å². The summed E-state index contributed by atoms with van der Waals surface area (Å²) in [5.74, 6) is 2.81. The summed E-state index contributed by atoms with van der Waals surface area (Å²) >= 11 is 0. The van der Waals surface area contributed by atoms with Crippen LogP contribution in [0, 0.1) is 0 Å². The van der Waals surface area contributed by atoms with Crippen LogP contribution >= 0.6 is 0 Å². The summed E-state index contributed by atoms with van der Waals surface area (Å²) in [4.78, 5) is 4.78. The Morgan fingerprint density at radius 2 is 1.44 bits per heavy atom. The van der Waals surface area contributed by atoms with Crippen LogP contribution in [0.25, 0.3) is 0 Å². The van der Waals surface area contributed by atoms with E-state index in [1.54, 1.807) is 21.3 Å². The fourth-order valence-corrected chi connectivity index (χ4v) is 2.59. The average Bonchev–Trinajstić information content (AvgIpc) is 2.74. The highest BCUT2D eigenvalue weighted by Crippen LogP contribution is 2.29. The minimum Gasteiger partial charge on any atom is -0.497 e. The molecule has 0 aliphatic rings. The van der Waals surface area contributed by atoms with Gasteiger partial charge in [0.15, 0.2) is 11.5 Å². The molecule has 3 aromatic rings. The Morgan fingerprint density at radius 1 is 0.741 bits per heavy atom. The lowest BCUT2D eigenvalue weighted by molar-refractivity contribution is 0.355. The van der Waals surface area contributed by atoms with Crippen LogP contribution in [0.5, 0.6) is 17.2 Å². The van der Waals surface area contributed by atoms with Crippen LogP contribution in [0.1, 0.15) is 5.56 Å². The topological polar surface area (TPSA) is 52.1 Å². The van der Waals surface area contributed by atoms with Crippen LogP contribution < -0.4 is 19.5 Å². The smallest absolute Gasteiger partial charge is 0.161 e. The van der Waals surface area contributed by atoms with Gasteiger partial charge in [-0.1, -0.05) is 18.2 Å². The number of benzene rings is 3. The van der Waals surface area contributed by atoms with Crippen molar-refractivity contribution in [2.45, 2.75) is 0 Å². The molecule has 3 rings (SSSR count). The summed E-state index contributed by atoms with van der Waals surface area (Å²) in [5, 5.41) is 3.38. The number of nitrogens with one attached hydrogen (secondary N) is 1. The van der Waals surface area contributed by atoms with Gasteiger partial charge in [0, 0.05) is 11.3 Å². The summed E-state index contributed by atoms with van der Waals surface area (Å²) in [6.07, 6.45) is 0. The Labute approximate surface area is 159 Å². The second-order valence-electron chi connectivity index (χ2n) is 5.72. The first-order valence-corrected chi connectivity index (χ1v) is 8.50. The molecule has 138 valence electrons. The van der Waals surface area contributed by atoms with Crippen LogP contribution in [0.15, 0.2) is 77.8 Å². The molecule has 5 nitrogen and oxygen atoms in total. The van der Waals surface area contributed by atoms with E-state index in [-0.39, 0.29) is 0 Å². The van der Waals surface area contributed by atoms with Gasteiger partial charge in [0.2, 0.25) is 0 Å². The number of hydrogen-bond donors (Lipinski definition) is 1. The molecular weight excluding hydrogens is 340 g/mol. The molecule has 5 heteroatoms. The lowest BCUT2D eigenvalue weighted by atomic mass is 10.1. The summed E-state index contributed by atoms with van der Waals surface area (Å²) < 4.78 is 16.0. The number of rotatable bonds is 6. The molecular formula is C22H22N2O3. The molecule has 0 aliphatic carbocycles. The molecule has 0 spiro atoms. The van der Waals surface area contributed by atoms with E-state index in [1.165, 1.54) is 0 Å². The molecule has 0 heterocycles. The summed E-state index contributed by atoms with van der Waals surface area (Å²) in [6, 6.07) is 23.2. The molecule has 0 aliphatic heterocycles. The first-order chi connectivity index (χ1) is 13.2. The second-order valence-corrected chi connectivity index (χ2v) is 5.72. The van der Waals surface area contributed by atoms with E-state index in [9.17, 15) is 0 Å². The molecule has 0 saturated heterocycles. The van der Waals surface area contributed by atoms with Crippen LogP contribution in [0.2, 0.25) is 0 Å². The van der Waals surface area contributed by atoms with Crippen molar-refractivity contribution in [1.82, 2.24) is 0 Å². The Bertz CT molecular complexity index is 907. The highest BCUT2D eigenvalue weighted by Gasteiger charge is 2.10. The molecule has 0 atom stereocenters. The number of nitrogens with zero attached hydrogens (tertiary/aromatic N) is 1. The van der Waals surface area contributed by atoms with E-state index in [1.807, 2.05) is 72.8 Å². The van der Waals surface area contributed by atoms with E-state index in [4.69, 9.17) is 19.2 Å². The number of methoxy groups -OCH3 is 3. The van der Waals surface area contributed by atoms with Gasteiger partial charge in [-0.05, 0) is 54.6 Å². The summed E-state index contributed by atoms with van der Waals surface area (Å²) in [5.41, 5.74) is 2.64. The quantitative estimate of drug-likeness (QED) is 0.500. The van der Waals surface area contributed by atoms with Gasteiger partial charge in [-0.25, -0.2) is 4.99 Å². The first-order valence-electron chi connectivity index (χ1n) is 8.50. The van der Waals surface area contributed by atoms with Crippen molar-refractivity contribution in [3.8, 4) is 17.2 Å². The van der Waals surface area contributed by atoms with Gasteiger partial charge >= 0.3 is 0 Å². The maximum atomic E-state index is 5.43. The number of hydrogen-bond acceptors (Lipinski definition) is 4. The number of para-hydroxylation sites is 1. The zero-order chi connectivity index (χ0) is 19.1. The SMILES string of the molecule is COc1ccc(N=C(Nc2ccccc2)c2ccc(OC)c(OC)c2)cc1. The molecule has 0 aromatic heterocycles. The molecule has 0 saturated carbocycles. The maximum absolute atomic E-state index is 5.43. The van der Waals surface area contributed by atoms with E-state index in [0.717, 1.165) is 22.7 Å². The molecule has 0 radical (unpaired) electrons. The number of ether oxygens (including phenoxy) is 3. The molecule has 0 amide bonds. The minimum absolute atomic E-state index is 0.646. The normalized spacial score (nSPS) is 11.0. The second kappa shape index (κ2) is 8.76. The fraction of sp³-hybridized carbons (Fsp3) is 0.136.